The third kappa shape index (κ3) is 8.61. The molecular formula is C26H36F3N9O4. The molecule has 0 radical (unpaired) electrons. The predicted molar refractivity (Wildman–Crippen MR) is 147 cm³/mol. The average Bonchev–Trinajstić information content (AvgIpc) is 3.27. The fourth-order valence-corrected chi connectivity index (χ4v) is 4.11. The topological polar surface area (TPSA) is 133 Å². The van der Waals surface area contributed by atoms with Crippen molar-refractivity contribution in [3.63, 3.8) is 0 Å². The molecule has 3 aromatic rings. The lowest BCUT2D eigenvalue weighted by molar-refractivity contribution is -0.174. The number of rotatable bonds is 10. The second-order valence-electron chi connectivity index (χ2n) is 10.9. The minimum Gasteiger partial charge on any atom is -0.444 e. The van der Waals surface area contributed by atoms with Crippen LogP contribution in [0, 0.1) is 0 Å². The van der Waals surface area contributed by atoms with E-state index in [9.17, 15) is 18.0 Å². The number of aromatic nitrogens is 6. The SMILES string of the molecule is CC(C)OCc1nn(CCOCC(F)(F)F)c2c(Nc3ccncn3)nc(N3CCN(C(=O)OC(C)(C)C)CC3)nc12. The lowest BCUT2D eigenvalue weighted by atomic mass is 10.2. The highest BCUT2D eigenvalue weighted by Crippen LogP contribution is 2.29. The number of fused-ring (bicyclic) bond motifs is 1. The van der Waals surface area contributed by atoms with E-state index in [2.05, 4.69) is 20.4 Å². The first kappa shape index (κ1) is 31.2. The Morgan fingerprint density at radius 1 is 1.12 bits per heavy atom. The molecule has 1 saturated heterocycles. The summed E-state index contributed by atoms with van der Waals surface area (Å²) >= 11 is 0. The first-order valence-corrected chi connectivity index (χ1v) is 13.6. The number of carbonyl (C=O) groups excluding carboxylic acids is 1. The molecule has 1 amide bonds. The third-order valence-electron chi connectivity index (χ3n) is 5.95. The van der Waals surface area contributed by atoms with Gasteiger partial charge < -0.3 is 29.3 Å². The van der Waals surface area contributed by atoms with Crippen LogP contribution in [-0.4, -0.2) is 98.0 Å². The molecule has 0 bridgehead atoms. The largest absolute Gasteiger partial charge is 0.444 e. The zero-order chi connectivity index (χ0) is 30.5. The first-order valence-electron chi connectivity index (χ1n) is 13.6. The Hall–Kier alpha value is -3.79. The highest BCUT2D eigenvalue weighted by Gasteiger charge is 2.29. The minimum absolute atomic E-state index is 0.0178. The zero-order valence-corrected chi connectivity index (χ0v) is 24.3. The van der Waals surface area contributed by atoms with Gasteiger partial charge in [0.1, 0.15) is 41.1 Å². The van der Waals surface area contributed by atoms with E-state index in [4.69, 9.17) is 24.2 Å². The molecule has 3 aromatic heterocycles. The van der Waals surface area contributed by atoms with Gasteiger partial charge in [0.2, 0.25) is 5.95 Å². The van der Waals surface area contributed by atoms with Crippen LogP contribution in [-0.2, 0) is 27.4 Å². The van der Waals surface area contributed by atoms with Crippen molar-refractivity contribution in [1.29, 1.82) is 0 Å². The molecule has 4 heterocycles. The van der Waals surface area contributed by atoms with E-state index in [1.165, 1.54) is 11.0 Å². The van der Waals surface area contributed by atoms with Crippen molar-refractivity contribution in [2.24, 2.45) is 0 Å². The quantitative estimate of drug-likeness (QED) is 0.342. The van der Waals surface area contributed by atoms with Crippen LogP contribution in [0.2, 0.25) is 0 Å². The summed E-state index contributed by atoms with van der Waals surface area (Å²) in [6.45, 7) is 9.49. The Bertz CT molecular complexity index is 1340. The maximum Gasteiger partial charge on any atom is 0.411 e. The lowest BCUT2D eigenvalue weighted by Gasteiger charge is -2.35. The van der Waals surface area contributed by atoms with Gasteiger partial charge >= 0.3 is 12.3 Å². The molecule has 1 aliphatic heterocycles. The van der Waals surface area contributed by atoms with E-state index in [0.29, 0.717) is 60.5 Å². The average molecular weight is 596 g/mol. The van der Waals surface area contributed by atoms with Crippen LogP contribution in [0.25, 0.3) is 11.0 Å². The summed E-state index contributed by atoms with van der Waals surface area (Å²) in [5.74, 6) is 1.19. The van der Waals surface area contributed by atoms with Crippen LogP contribution in [0.1, 0.15) is 40.3 Å². The fourth-order valence-electron chi connectivity index (χ4n) is 4.11. The molecule has 13 nitrogen and oxygen atoms in total. The van der Waals surface area contributed by atoms with Gasteiger partial charge in [-0.05, 0) is 40.7 Å². The van der Waals surface area contributed by atoms with E-state index in [1.807, 2.05) is 39.5 Å². The Balaban J connectivity index is 1.67. The molecule has 230 valence electrons. The van der Waals surface area contributed by atoms with Crippen molar-refractivity contribution >= 4 is 34.7 Å². The summed E-state index contributed by atoms with van der Waals surface area (Å²) in [5.41, 5.74) is 0.831. The minimum atomic E-state index is -4.44. The Morgan fingerprint density at radius 3 is 2.48 bits per heavy atom. The Kier molecular flexibility index (Phi) is 9.66. The lowest BCUT2D eigenvalue weighted by Crippen LogP contribution is -2.50. The standard InChI is InChI=1S/C26H36F3N9O4/c1-17(2)41-14-18-20-21(38(35-18)12-13-40-15-26(27,28)29)22(32-19-6-7-30-16-31-19)34-23(33-20)36-8-10-37(11-9-36)24(39)42-25(3,4)5/h6-7,16-17H,8-15H2,1-5H3,(H,30,31,32,33,34). The van der Waals surface area contributed by atoms with E-state index >= 15 is 0 Å². The van der Waals surface area contributed by atoms with Gasteiger partial charge in [-0.15, -0.1) is 0 Å². The van der Waals surface area contributed by atoms with Gasteiger partial charge in [-0.1, -0.05) is 0 Å². The number of nitrogens with zero attached hydrogens (tertiary/aromatic N) is 8. The number of anilines is 3. The summed E-state index contributed by atoms with van der Waals surface area (Å²) in [7, 11) is 0. The molecule has 1 N–H and O–H groups in total. The van der Waals surface area contributed by atoms with Crippen molar-refractivity contribution in [1.82, 2.24) is 34.6 Å². The van der Waals surface area contributed by atoms with Gasteiger partial charge in [0.25, 0.3) is 0 Å². The number of hydrogen-bond acceptors (Lipinski definition) is 11. The monoisotopic (exact) mass is 595 g/mol. The maximum absolute atomic E-state index is 12.6. The molecule has 0 atom stereocenters. The molecule has 0 saturated carbocycles. The fraction of sp³-hybridized carbons (Fsp3) is 0.615. The second kappa shape index (κ2) is 13.0. The second-order valence-corrected chi connectivity index (χ2v) is 10.9. The highest BCUT2D eigenvalue weighted by molar-refractivity contribution is 5.90. The predicted octanol–water partition coefficient (Wildman–Crippen LogP) is 3.92. The number of hydrogen-bond donors (Lipinski definition) is 1. The normalized spacial score (nSPS) is 14.6. The number of carbonyl (C=O) groups is 1. The first-order chi connectivity index (χ1) is 19.8. The summed E-state index contributed by atoms with van der Waals surface area (Å²) in [4.78, 5) is 33.9. The third-order valence-corrected chi connectivity index (χ3v) is 5.95. The number of nitrogens with one attached hydrogen (secondary N) is 1. The molecule has 0 spiro atoms. The van der Waals surface area contributed by atoms with E-state index in [-0.39, 0.29) is 32.0 Å². The number of alkyl halides is 3. The van der Waals surface area contributed by atoms with Crippen molar-refractivity contribution in [3.8, 4) is 0 Å². The number of ether oxygens (including phenoxy) is 3. The number of piperazine rings is 1. The summed E-state index contributed by atoms with van der Waals surface area (Å²) in [6, 6.07) is 1.66. The van der Waals surface area contributed by atoms with Gasteiger partial charge in [0.15, 0.2) is 5.82 Å². The maximum atomic E-state index is 12.6. The van der Waals surface area contributed by atoms with Crippen molar-refractivity contribution < 1.29 is 32.2 Å². The van der Waals surface area contributed by atoms with Gasteiger partial charge in [0, 0.05) is 32.4 Å². The molecule has 4 rings (SSSR count). The Morgan fingerprint density at radius 2 is 1.86 bits per heavy atom. The van der Waals surface area contributed by atoms with Crippen LogP contribution in [0.15, 0.2) is 18.6 Å². The smallest absolute Gasteiger partial charge is 0.411 e. The van der Waals surface area contributed by atoms with Crippen LogP contribution in [0.5, 0.6) is 0 Å². The van der Waals surface area contributed by atoms with Crippen molar-refractivity contribution in [3.05, 3.63) is 24.3 Å². The zero-order valence-electron chi connectivity index (χ0n) is 24.3. The molecule has 0 aliphatic carbocycles. The van der Waals surface area contributed by atoms with Crippen molar-refractivity contribution in [2.45, 2.75) is 65.7 Å². The van der Waals surface area contributed by atoms with Gasteiger partial charge in [0.05, 0.1) is 25.9 Å². The van der Waals surface area contributed by atoms with Crippen LogP contribution < -0.4 is 10.2 Å². The van der Waals surface area contributed by atoms with Crippen LogP contribution in [0.3, 0.4) is 0 Å². The molecule has 16 heteroatoms. The van der Waals surface area contributed by atoms with Gasteiger partial charge in [-0.2, -0.15) is 23.3 Å². The number of amides is 1. The van der Waals surface area contributed by atoms with Crippen molar-refractivity contribution in [2.75, 3.05) is 49.6 Å². The molecule has 0 unspecified atom stereocenters. The van der Waals surface area contributed by atoms with Gasteiger partial charge in [-0.25, -0.2) is 19.7 Å². The highest BCUT2D eigenvalue weighted by atomic mass is 19.4. The molecule has 42 heavy (non-hydrogen) atoms. The Labute approximate surface area is 241 Å². The molecule has 0 aromatic carbocycles. The van der Waals surface area contributed by atoms with E-state index in [1.54, 1.807) is 17.2 Å². The molecular weight excluding hydrogens is 559 g/mol. The summed E-state index contributed by atoms with van der Waals surface area (Å²) in [6.07, 6.45) is -1.97. The van der Waals surface area contributed by atoms with Crippen LogP contribution in [0.4, 0.5) is 35.5 Å². The number of halogens is 3. The summed E-state index contributed by atoms with van der Waals surface area (Å²) in [5, 5.41) is 7.80. The van der Waals surface area contributed by atoms with E-state index in [0.717, 1.165) is 0 Å². The van der Waals surface area contributed by atoms with E-state index < -0.39 is 18.4 Å². The molecule has 1 fully saturated rings. The molecule has 1 aliphatic rings. The van der Waals surface area contributed by atoms with Crippen LogP contribution >= 0.6 is 0 Å². The van der Waals surface area contributed by atoms with Gasteiger partial charge in [-0.3, -0.25) is 4.68 Å². The summed E-state index contributed by atoms with van der Waals surface area (Å²) < 4.78 is 55.6.